The summed E-state index contributed by atoms with van der Waals surface area (Å²) in [6.45, 7) is 16.0. The monoisotopic (exact) mass is 410 g/mol. The molecule has 0 amide bonds. The molecule has 6 nitrogen and oxygen atoms in total. The quantitative estimate of drug-likeness (QED) is 0.511. The van der Waals surface area contributed by atoms with Crippen LogP contribution in [-0.2, 0) is 18.9 Å². The first kappa shape index (κ1) is 25.8. The smallest absolute Gasteiger partial charge is 0.189 e. The number of aliphatic hydroxyl groups excluding tert-OH is 1. The zero-order valence-corrected chi connectivity index (χ0v) is 19.0. The first-order valence-electron chi connectivity index (χ1n) is 10.4. The molecule has 1 aliphatic carbocycles. The highest BCUT2D eigenvalue weighted by Gasteiger charge is 2.54. The molecule has 6 heteroatoms. The van der Waals surface area contributed by atoms with Crippen LogP contribution in [0.3, 0.4) is 0 Å². The molecule has 2 N–H and O–H groups in total. The molecule has 1 unspecified atom stereocenters. The van der Waals surface area contributed by atoms with E-state index in [1.54, 1.807) is 6.92 Å². The zero-order chi connectivity index (χ0) is 22.1. The topological polar surface area (TPSA) is 77.4 Å². The summed E-state index contributed by atoms with van der Waals surface area (Å²) in [5, 5.41) is 18.8. The van der Waals surface area contributed by atoms with Gasteiger partial charge in [0.2, 0.25) is 0 Å². The SMILES string of the molecule is CC.CC1=CC2(CC(C)(C)C1(O)C#C/C(C)=C/C1OCCO1)OCCO2.CCO. The van der Waals surface area contributed by atoms with Crippen molar-refractivity contribution in [1.29, 1.82) is 0 Å². The fourth-order valence-electron chi connectivity index (χ4n) is 3.59. The average molecular weight is 411 g/mol. The van der Waals surface area contributed by atoms with E-state index in [0.717, 1.165) is 11.1 Å². The van der Waals surface area contributed by atoms with Crippen LogP contribution in [0.2, 0.25) is 0 Å². The van der Waals surface area contributed by atoms with Gasteiger partial charge in [-0.3, -0.25) is 0 Å². The van der Waals surface area contributed by atoms with Crippen molar-refractivity contribution >= 4 is 0 Å². The van der Waals surface area contributed by atoms with Crippen LogP contribution in [0.15, 0.2) is 23.3 Å². The zero-order valence-electron chi connectivity index (χ0n) is 19.0. The van der Waals surface area contributed by atoms with Crippen molar-refractivity contribution in [3.8, 4) is 11.8 Å². The van der Waals surface area contributed by atoms with Crippen molar-refractivity contribution in [3.63, 3.8) is 0 Å². The van der Waals surface area contributed by atoms with Crippen LogP contribution in [0.1, 0.15) is 54.9 Å². The normalized spacial score (nSPS) is 27.8. The summed E-state index contributed by atoms with van der Waals surface area (Å²) in [6.07, 6.45) is 3.93. The minimum absolute atomic E-state index is 0.250. The Morgan fingerprint density at radius 1 is 1.17 bits per heavy atom. The number of hydrogen-bond donors (Lipinski definition) is 2. The maximum absolute atomic E-state index is 11.3. The number of rotatable bonds is 1. The van der Waals surface area contributed by atoms with E-state index >= 15 is 0 Å². The molecule has 3 rings (SSSR count). The van der Waals surface area contributed by atoms with Crippen LogP contribution < -0.4 is 0 Å². The number of allylic oxidation sites excluding steroid dienone is 1. The molecule has 0 saturated carbocycles. The van der Waals surface area contributed by atoms with Crippen molar-refractivity contribution in [3.05, 3.63) is 23.3 Å². The Bertz CT molecular complexity index is 627. The van der Waals surface area contributed by atoms with E-state index in [9.17, 15) is 5.11 Å². The lowest BCUT2D eigenvalue weighted by Gasteiger charge is -2.48. The predicted molar refractivity (Wildman–Crippen MR) is 113 cm³/mol. The molecule has 1 atom stereocenters. The van der Waals surface area contributed by atoms with Gasteiger partial charge in [0.05, 0.1) is 26.4 Å². The van der Waals surface area contributed by atoms with Crippen LogP contribution in [-0.4, -0.2) is 60.9 Å². The van der Waals surface area contributed by atoms with E-state index in [1.165, 1.54) is 0 Å². The van der Waals surface area contributed by atoms with Crippen LogP contribution in [0, 0.1) is 17.3 Å². The summed E-state index contributed by atoms with van der Waals surface area (Å²) in [6, 6.07) is 0. The minimum Gasteiger partial charge on any atom is -0.397 e. The second kappa shape index (κ2) is 11.3. The highest BCUT2D eigenvalue weighted by molar-refractivity contribution is 5.42. The molecule has 0 aromatic heterocycles. The van der Waals surface area contributed by atoms with E-state index in [4.69, 9.17) is 24.1 Å². The van der Waals surface area contributed by atoms with Crippen LogP contribution in [0.25, 0.3) is 0 Å². The number of aliphatic hydroxyl groups is 2. The second-order valence-corrected chi connectivity index (χ2v) is 7.63. The van der Waals surface area contributed by atoms with Gasteiger partial charge < -0.3 is 29.2 Å². The Morgan fingerprint density at radius 2 is 1.69 bits per heavy atom. The third-order valence-electron chi connectivity index (χ3n) is 4.93. The molecular formula is C23H38O6. The molecule has 0 radical (unpaired) electrons. The Morgan fingerprint density at radius 3 is 2.17 bits per heavy atom. The maximum atomic E-state index is 11.3. The first-order valence-corrected chi connectivity index (χ1v) is 10.4. The van der Waals surface area contributed by atoms with Crippen LogP contribution in [0.4, 0.5) is 0 Å². The third kappa shape index (κ3) is 6.39. The molecule has 2 aliphatic heterocycles. The van der Waals surface area contributed by atoms with Crippen LogP contribution in [0.5, 0.6) is 0 Å². The molecule has 3 aliphatic rings. The van der Waals surface area contributed by atoms with E-state index < -0.39 is 16.8 Å². The fraction of sp³-hybridized carbons (Fsp3) is 0.739. The van der Waals surface area contributed by atoms with E-state index in [2.05, 4.69) is 11.8 Å². The largest absolute Gasteiger partial charge is 0.397 e. The van der Waals surface area contributed by atoms with Crippen molar-refractivity contribution in [1.82, 2.24) is 0 Å². The van der Waals surface area contributed by atoms with E-state index in [1.807, 2.05) is 53.7 Å². The lowest BCUT2D eigenvalue weighted by atomic mass is 9.63. The standard InChI is InChI=1S/C19H26O5.C2H6O.C2H6/c1-14(11-16-21-7-8-22-16)5-6-19(20)15(2)12-18(13-17(19,3)4)23-9-10-24-18;1-2-3;1-2/h11-12,16,20H,7-10,13H2,1-4H3;3H,2H2,1H3;1-2H3/b14-11+;;. The van der Waals surface area contributed by atoms with E-state index in [-0.39, 0.29) is 12.9 Å². The summed E-state index contributed by atoms with van der Waals surface area (Å²) in [7, 11) is 0. The molecular weight excluding hydrogens is 372 g/mol. The molecule has 2 fully saturated rings. The molecule has 2 saturated heterocycles. The molecule has 166 valence electrons. The predicted octanol–water partition coefficient (Wildman–Crippen LogP) is 3.18. The lowest BCUT2D eigenvalue weighted by Crippen LogP contribution is -2.53. The van der Waals surface area contributed by atoms with E-state index in [0.29, 0.717) is 32.8 Å². The fourth-order valence-corrected chi connectivity index (χ4v) is 3.59. The summed E-state index contributed by atoms with van der Waals surface area (Å²) < 4.78 is 22.4. The highest BCUT2D eigenvalue weighted by Crippen LogP contribution is 2.49. The third-order valence-corrected chi connectivity index (χ3v) is 4.93. The van der Waals surface area contributed by atoms with Gasteiger partial charge in [0.1, 0.15) is 0 Å². The lowest BCUT2D eigenvalue weighted by molar-refractivity contribution is -0.169. The van der Waals surface area contributed by atoms with Crippen molar-refractivity contribution in [2.24, 2.45) is 5.41 Å². The van der Waals surface area contributed by atoms with Gasteiger partial charge in [-0.15, -0.1) is 0 Å². The summed E-state index contributed by atoms with van der Waals surface area (Å²) in [4.78, 5) is 0. The molecule has 0 aromatic carbocycles. The number of ether oxygens (including phenoxy) is 4. The highest BCUT2D eigenvalue weighted by atomic mass is 16.7. The van der Waals surface area contributed by atoms with Crippen LogP contribution >= 0.6 is 0 Å². The van der Waals surface area contributed by atoms with Crippen molar-refractivity contribution in [2.45, 2.75) is 72.6 Å². The van der Waals surface area contributed by atoms with Gasteiger partial charge >= 0.3 is 0 Å². The maximum Gasteiger partial charge on any atom is 0.189 e. The molecule has 1 spiro atoms. The van der Waals surface area contributed by atoms with Gasteiger partial charge in [0.25, 0.3) is 0 Å². The second-order valence-electron chi connectivity index (χ2n) is 7.63. The van der Waals surface area contributed by atoms with Gasteiger partial charge in [0, 0.05) is 24.0 Å². The van der Waals surface area contributed by atoms with Gasteiger partial charge in [0.15, 0.2) is 17.7 Å². The molecule has 0 aromatic rings. The summed E-state index contributed by atoms with van der Waals surface area (Å²) in [5.74, 6) is 5.40. The Balaban J connectivity index is 0.000000771. The van der Waals surface area contributed by atoms with Crippen molar-refractivity contribution in [2.75, 3.05) is 33.0 Å². The Kier molecular flexibility index (Phi) is 10.0. The first-order chi connectivity index (χ1) is 13.7. The Hall–Kier alpha value is -1.20. The number of hydrogen-bond acceptors (Lipinski definition) is 6. The molecule has 0 bridgehead atoms. The van der Waals surface area contributed by atoms with Gasteiger partial charge in [-0.1, -0.05) is 39.5 Å². The minimum atomic E-state index is -1.24. The van der Waals surface area contributed by atoms with Gasteiger partial charge in [-0.25, -0.2) is 0 Å². The molecule has 2 heterocycles. The Labute approximate surface area is 175 Å². The van der Waals surface area contributed by atoms with Gasteiger partial charge in [-0.05, 0) is 38.5 Å². The average Bonchev–Trinajstić information content (AvgIpc) is 3.33. The summed E-state index contributed by atoms with van der Waals surface area (Å²) >= 11 is 0. The van der Waals surface area contributed by atoms with Gasteiger partial charge in [-0.2, -0.15) is 0 Å². The summed E-state index contributed by atoms with van der Waals surface area (Å²) in [5.41, 5.74) is -0.175. The van der Waals surface area contributed by atoms with Crippen molar-refractivity contribution < 1.29 is 29.2 Å². The molecule has 29 heavy (non-hydrogen) atoms.